The van der Waals surface area contributed by atoms with Gasteiger partial charge in [-0.25, -0.2) is 0 Å². The highest BCUT2D eigenvalue weighted by atomic mass is 16.5. The molecule has 2 aromatic heterocycles. The molecule has 30 heavy (non-hydrogen) atoms. The Morgan fingerprint density at radius 2 is 1.97 bits per heavy atom. The van der Waals surface area contributed by atoms with Gasteiger partial charge in [-0.15, -0.1) is 10.2 Å². The molecule has 7 nitrogen and oxygen atoms in total. The van der Waals surface area contributed by atoms with E-state index in [2.05, 4.69) is 67.0 Å². The molecule has 0 amide bonds. The van der Waals surface area contributed by atoms with E-state index in [1.54, 1.807) is 0 Å². The summed E-state index contributed by atoms with van der Waals surface area (Å²) in [5, 5.41) is 12.9. The second kappa shape index (κ2) is 9.00. The molecule has 3 heterocycles. The van der Waals surface area contributed by atoms with Crippen LogP contribution >= 0.6 is 0 Å². The zero-order chi connectivity index (χ0) is 21.1. The van der Waals surface area contributed by atoms with Crippen LogP contribution in [0.25, 0.3) is 0 Å². The lowest BCUT2D eigenvalue weighted by Crippen LogP contribution is -2.26. The monoisotopic (exact) mass is 408 g/mol. The molecule has 2 atom stereocenters. The van der Waals surface area contributed by atoms with E-state index >= 15 is 0 Å². The number of hydrogen-bond acceptors (Lipinski definition) is 6. The molecule has 1 aliphatic heterocycles. The van der Waals surface area contributed by atoms with Crippen molar-refractivity contribution >= 4 is 5.95 Å². The predicted octanol–water partition coefficient (Wildman–Crippen LogP) is 3.82. The van der Waals surface area contributed by atoms with Crippen LogP contribution in [-0.2, 0) is 19.6 Å². The van der Waals surface area contributed by atoms with Crippen molar-refractivity contribution in [3.05, 3.63) is 59.2 Å². The summed E-state index contributed by atoms with van der Waals surface area (Å²) >= 11 is 0. The molecule has 0 spiro atoms. The molecule has 0 aliphatic carbocycles. The first-order valence-electron chi connectivity index (χ1n) is 10.8. The van der Waals surface area contributed by atoms with Crippen LogP contribution in [0.15, 0.2) is 40.9 Å². The van der Waals surface area contributed by atoms with Gasteiger partial charge in [0.2, 0.25) is 5.95 Å². The maximum atomic E-state index is 5.19. The van der Waals surface area contributed by atoms with E-state index in [1.807, 2.05) is 27.0 Å². The Balaban J connectivity index is 1.35. The van der Waals surface area contributed by atoms with Crippen molar-refractivity contribution in [1.29, 1.82) is 0 Å². The summed E-state index contributed by atoms with van der Waals surface area (Å²) in [7, 11) is 2.03. The van der Waals surface area contributed by atoms with E-state index in [0.717, 1.165) is 49.3 Å². The molecule has 0 radical (unpaired) electrons. The number of rotatable bonds is 8. The molecule has 0 bridgehead atoms. The van der Waals surface area contributed by atoms with Crippen molar-refractivity contribution < 1.29 is 4.52 Å². The predicted molar refractivity (Wildman–Crippen MR) is 117 cm³/mol. The molecule has 0 saturated carbocycles. The first-order chi connectivity index (χ1) is 14.5. The number of nitrogens with zero attached hydrogens (tertiary/aromatic N) is 6. The van der Waals surface area contributed by atoms with Gasteiger partial charge in [0.1, 0.15) is 17.3 Å². The Bertz CT molecular complexity index is 950. The first-order valence-corrected chi connectivity index (χ1v) is 10.8. The highest BCUT2D eigenvalue weighted by Gasteiger charge is 2.29. The van der Waals surface area contributed by atoms with E-state index in [0.29, 0.717) is 18.5 Å². The van der Waals surface area contributed by atoms with Gasteiger partial charge in [0, 0.05) is 38.8 Å². The topological polar surface area (TPSA) is 63.2 Å². The van der Waals surface area contributed by atoms with E-state index < -0.39 is 0 Å². The van der Waals surface area contributed by atoms with Gasteiger partial charge in [-0.05, 0) is 45.1 Å². The Morgan fingerprint density at radius 3 is 2.70 bits per heavy atom. The second-order valence-corrected chi connectivity index (χ2v) is 8.64. The SMILES string of the molecule is Cc1cc(CN(C)c2nnc(C)n2CCC2CC(C)N(Cc3ccccc3)C2)no1. The zero-order valence-corrected chi connectivity index (χ0v) is 18.5. The molecule has 1 aliphatic rings. The van der Waals surface area contributed by atoms with Gasteiger partial charge in [-0.2, -0.15) is 0 Å². The Labute approximate surface area is 178 Å². The third kappa shape index (κ3) is 4.73. The second-order valence-electron chi connectivity index (χ2n) is 8.64. The third-order valence-corrected chi connectivity index (χ3v) is 6.11. The molecule has 3 aromatic rings. The van der Waals surface area contributed by atoms with Gasteiger partial charge in [-0.3, -0.25) is 9.47 Å². The lowest BCUT2D eigenvalue weighted by atomic mass is 10.0. The fraction of sp³-hybridized carbons (Fsp3) is 0.522. The molecule has 1 fully saturated rings. The largest absolute Gasteiger partial charge is 0.361 e. The van der Waals surface area contributed by atoms with Crippen LogP contribution in [0.1, 0.15) is 42.6 Å². The standard InChI is InChI=1S/C23H32N6O/c1-17-12-21(15-28(17)14-20-8-6-5-7-9-20)10-11-29-19(3)24-25-23(29)27(4)16-22-13-18(2)30-26-22/h5-9,13,17,21H,10-12,14-16H2,1-4H3. The summed E-state index contributed by atoms with van der Waals surface area (Å²) < 4.78 is 7.42. The van der Waals surface area contributed by atoms with Crippen LogP contribution in [0, 0.1) is 19.8 Å². The lowest BCUT2D eigenvalue weighted by Gasteiger charge is -2.21. The van der Waals surface area contributed by atoms with Crippen LogP contribution in [0.2, 0.25) is 0 Å². The van der Waals surface area contributed by atoms with Gasteiger partial charge in [0.15, 0.2) is 0 Å². The number of likely N-dealkylation sites (tertiary alicyclic amines) is 1. The maximum absolute atomic E-state index is 5.19. The van der Waals surface area contributed by atoms with Crippen LogP contribution in [-0.4, -0.2) is 44.5 Å². The van der Waals surface area contributed by atoms with Crippen molar-refractivity contribution in [2.24, 2.45) is 5.92 Å². The zero-order valence-electron chi connectivity index (χ0n) is 18.5. The molecule has 1 saturated heterocycles. The van der Waals surface area contributed by atoms with Crippen molar-refractivity contribution in [2.45, 2.75) is 59.3 Å². The first kappa shape index (κ1) is 20.6. The fourth-order valence-corrected chi connectivity index (χ4v) is 4.50. The number of anilines is 1. The van der Waals surface area contributed by atoms with E-state index in [4.69, 9.17) is 4.52 Å². The average molecular weight is 409 g/mol. The van der Waals surface area contributed by atoms with Crippen LogP contribution in [0.3, 0.4) is 0 Å². The van der Waals surface area contributed by atoms with Gasteiger partial charge in [0.05, 0.1) is 6.54 Å². The minimum absolute atomic E-state index is 0.620. The van der Waals surface area contributed by atoms with E-state index in [-0.39, 0.29) is 0 Å². The van der Waals surface area contributed by atoms with Crippen molar-refractivity contribution in [1.82, 2.24) is 24.8 Å². The maximum Gasteiger partial charge on any atom is 0.227 e. The minimum atomic E-state index is 0.620. The van der Waals surface area contributed by atoms with E-state index in [9.17, 15) is 0 Å². The number of hydrogen-bond donors (Lipinski definition) is 0. The highest BCUT2D eigenvalue weighted by Crippen LogP contribution is 2.28. The summed E-state index contributed by atoms with van der Waals surface area (Å²) in [5.74, 6) is 3.37. The van der Waals surface area contributed by atoms with Crippen molar-refractivity contribution in [2.75, 3.05) is 18.5 Å². The molecule has 0 N–H and O–H groups in total. The number of aryl methyl sites for hydroxylation is 2. The molecule has 2 unspecified atom stereocenters. The number of aromatic nitrogens is 4. The fourth-order valence-electron chi connectivity index (χ4n) is 4.50. The normalized spacial score (nSPS) is 19.5. The van der Waals surface area contributed by atoms with E-state index in [1.165, 1.54) is 12.0 Å². The van der Waals surface area contributed by atoms with Gasteiger partial charge in [0.25, 0.3) is 0 Å². The van der Waals surface area contributed by atoms with Gasteiger partial charge >= 0.3 is 0 Å². The molecular formula is C23H32N6O. The molecule has 160 valence electrons. The summed E-state index contributed by atoms with van der Waals surface area (Å²) in [5.41, 5.74) is 2.30. The summed E-state index contributed by atoms with van der Waals surface area (Å²) in [4.78, 5) is 4.70. The Kier molecular flexibility index (Phi) is 6.18. The van der Waals surface area contributed by atoms with Crippen LogP contribution < -0.4 is 4.90 Å². The third-order valence-electron chi connectivity index (χ3n) is 6.11. The van der Waals surface area contributed by atoms with Crippen LogP contribution in [0.5, 0.6) is 0 Å². The Hall–Kier alpha value is -2.67. The van der Waals surface area contributed by atoms with Gasteiger partial charge in [-0.1, -0.05) is 35.5 Å². The quantitative estimate of drug-likeness (QED) is 0.565. The highest BCUT2D eigenvalue weighted by molar-refractivity contribution is 5.30. The molecule has 1 aromatic carbocycles. The Morgan fingerprint density at radius 1 is 1.17 bits per heavy atom. The van der Waals surface area contributed by atoms with Crippen molar-refractivity contribution in [3.8, 4) is 0 Å². The summed E-state index contributed by atoms with van der Waals surface area (Å²) in [6.07, 6.45) is 2.38. The average Bonchev–Trinajstić information content (AvgIpc) is 3.40. The lowest BCUT2D eigenvalue weighted by molar-refractivity contribution is 0.254. The smallest absolute Gasteiger partial charge is 0.227 e. The molecular weight excluding hydrogens is 376 g/mol. The van der Waals surface area contributed by atoms with Crippen LogP contribution in [0.4, 0.5) is 5.95 Å². The summed E-state index contributed by atoms with van der Waals surface area (Å²) in [6.45, 7) is 10.1. The molecule has 4 rings (SSSR count). The van der Waals surface area contributed by atoms with Gasteiger partial charge < -0.3 is 9.42 Å². The minimum Gasteiger partial charge on any atom is -0.361 e. The summed E-state index contributed by atoms with van der Waals surface area (Å²) in [6, 6.07) is 13.4. The molecule has 7 heteroatoms. The van der Waals surface area contributed by atoms with Crippen molar-refractivity contribution in [3.63, 3.8) is 0 Å². The number of benzene rings is 1.